The number of likely N-dealkylation sites (tertiary alicyclic amines) is 1. The van der Waals surface area contributed by atoms with Crippen LogP contribution >= 0.6 is 28.3 Å². The van der Waals surface area contributed by atoms with Gasteiger partial charge in [-0.05, 0) is 31.0 Å². The van der Waals surface area contributed by atoms with E-state index in [1.165, 1.54) is 0 Å². The van der Waals surface area contributed by atoms with E-state index in [0.717, 1.165) is 4.47 Å². The van der Waals surface area contributed by atoms with E-state index in [0.29, 0.717) is 37.2 Å². The Morgan fingerprint density at radius 1 is 1.33 bits per heavy atom. The zero-order valence-electron chi connectivity index (χ0n) is 11.8. The molecule has 0 atom stereocenters. The number of nitrogen functional groups attached to an aromatic ring is 1. The van der Waals surface area contributed by atoms with Crippen LogP contribution in [0, 0.1) is 5.92 Å². The van der Waals surface area contributed by atoms with Crippen molar-refractivity contribution in [3.8, 4) is 0 Å². The number of nitrogens with one attached hydrogen (secondary N) is 1. The van der Waals surface area contributed by atoms with Crippen molar-refractivity contribution in [1.29, 1.82) is 0 Å². The highest BCUT2D eigenvalue weighted by Gasteiger charge is 2.27. The van der Waals surface area contributed by atoms with E-state index in [9.17, 15) is 9.59 Å². The van der Waals surface area contributed by atoms with Gasteiger partial charge in [0.15, 0.2) is 0 Å². The minimum absolute atomic E-state index is 0. The first-order valence-electron chi connectivity index (χ1n) is 6.59. The van der Waals surface area contributed by atoms with Gasteiger partial charge >= 0.3 is 0 Å². The Balaban J connectivity index is 0.00000220. The van der Waals surface area contributed by atoms with E-state index in [-0.39, 0.29) is 30.1 Å². The quantitative estimate of drug-likeness (QED) is 0.776. The zero-order valence-corrected chi connectivity index (χ0v) is 14.2. The number of benzene rings is 1. The maximum absolute atomic E-state index is 12.4. The molecule has 0 spiro atoms. The molecule has 1 fully saturated rings. The highest BCUT2D eigenvalue weighted by Crippen LogP contribution is 2.23. The van der Waals surface area contributed by atoms with E-state index < -0.39 is 0 Å². The summed E-state index contributed by atoms with van der Waals surface area (Å²) in [7, 11) is 1.64. The highest BCUT2D eigenvalue weighted by molar-refractivity contribution is 9.10. The molecule has 1 aliphatic heterocycles. The third-order valence-corrected chi connectivity index (χ3v) is 4.14. The number of hydrogen-bond donors (Lipinski definition) is 2. The molecule has 7 heteroatoms. The number of nitrogens with zero attached hydrogens (tertiary/aromatic N) is 1. The van der Waals surface area contributed by atoms with E-state index in [1.807, 2.05) is 0 Å². The molecular weight excluding hydrogens is 358 g/mol. The molecule has 0 aliphatic carbocycles. The molecule has 1 heterocycles. The first kappa shape index (κ1) is 17.8. The minimum Gasteiger partial charge on any atom is -0.398 e. The second-order valence-electron chi connectivity index (χ2n) is 4.91. The number of halogens is 2. The normalized spacial score (nSPS) is 15.2. The lowest BCUT2D eigenvalue weighted by Gasteiger charge is -2.31. The molecule has 0 saturated carbocycles. The van der Waals surface area contributed by atoms with Gasteiger partial charge < -0.3 is 16.0 Å². The topological polar surface area (TPSA) is 75.4 Å². The number of piperidine rings is 1. The number of nitrogens with two attached hydrogens (primary N) is 1. The predicted octanol–water partition coefficient (Wildman–Crippen LogP) is 2.05. The number of carbonyl (C=O) groups is 2. The standard InChI is InChI=1S/C14H18BrN3O2.ClH/c1-17-13(19)9-4-6-18(7-5-9)14(20)11-3-2-10(15)8-12(11)16;/h2-3,8-9H,4-7,16H2,1H3,(H,17,19);1H. The second-order valence-corrected chi connectivity index (χ2v) is 5.83. The van der Waals surface area contributed by atoms with Crippen LogP contribution < -0.4 is 11.1 Å². The summed E-state index contributed by atoms with van der Waals surface area (Å²) in [4.78, 5) is 25.7. The maximum atomic E-state index is 12.4. The molecule has 0 aromatic heterocycles. The summed E-state index contributed by atoms with van der Waals surface area (Å²) in [5.41, 5.74) is 6.87. The summed E-state index contributed by atoms with van der Waals surface area (Å²) in [6.07, 6.45) is 1.39. The first-order valence-corrected chi connectivity index (χ1v) is 7.38. The van der Waals surface area contributed by atoms with Gasteiger partial charge in [0.25, 0.3) is 5.91 Å². The van der Waals surface area contributed by atoms with Gasteiger partial charge in [0.05, 0.1) is 5.56 Å². The Bertz CT molecular complexity index is 531. The summed E-state index contributed by atoms with van der Waals surface area (Å²) < 4.78 is 0.852. The average Bonchev–Trinajstić information content (AvgIpc) is 2.46. The van der Waals surface area contributed by atoms with Crippen molar-refractivity contribution in [2.45, 2.75) is 12.8 Å². The Labute approximate surface area is 138 Å². The Kier molecular flexibility index (Phi) is 6.48. The lowest BCUT2D eigenvalue weighted by Crippen LogP contribution is -2.42. The van der Waals surface area contributed by atoms with E-state index in [1.54, 1.807) is 30.1 Å². The van der Waals surface area contributed by atoms with Crippen LogP contribution in [-0.4, -0.2) is 36.9 Å². The van der Waals surface area contributed by atoms with Crippen molar-refractivity contribution in [1.82, 2.24) is 10.2 Å². The molecule has 1 aromatic rings. The van der Waals surface area contributed by atoms with Crippen molar-refractivity contribution < 1.29 is 9.59 Å². The smallest absolute Gasteiger partial charge is 0.255 e. The molecule has 0 unspecified atom stereocenters. The predicted molar refractivity (Wildman–Crippen MR) is 88.5 cm³/mol. The molecule has 0 radical (unpaired) electrons. The molecule has 1 saturated heterocycles. The third-order valence-electron chi connectivity index (χ3n) is 3.64. The van der Waals surface area contributed by atoms with Gasteiger partial charge in [0.1, 0.15) is 0 Å². The van der Waals surface area contributed by atoms with Gasteiger partial charge in [0, 0.05) is 36.2 Å². The van der Waals surface area contributed by atoms with Gasteiger partial charge in [-0.15, -0.1) is 12.4 Å². The molecular formula is C14H19BrClN3O2. The average molecular weight is 377 g/mol. The minimum atomic E-state index is -0.0645. The Morgan fingerprint density at radius 2 is 1.95 bits per heavy atom. The van der Waals surface area contributed by atoms with Crippen LogP contribution in [0.4, 0.5) is 5.69 Å². The van der Waals surface area contributed by atoms with E-state index in [2.05, 4.69) is 21.2 Å². The number of rotatable bonds is 2. The largest absolute Gasteiger partial charge is 0.398 e. The lowest BCUT2D eigenvalue weighted by atomic mass is 9.95. The maximum Gasteiger partial charge on any atom is 0.255 e. The third kappa shape index (κ3) is 4.11. The number of hydrogen-bond acceptors (Lipinski definition) is 3. The summed E-state index contributed by atoms with van der Waals surface area (Å²) in [6.45, 7) is 1.18. The van der Waals surface area contributed by atoms with Crippen LogP contribution in [0.3, 0.4) is 0 Å². The summed E-state index contributed by atoms with van der Waals surface area (Å²) in [6, 6.07) is 5.26. The van der Waals surface area contributed by atoms with Crippen molar-refractivity contribution in [2.75, 3.05) is 25.9 Å². The van der Waals surface area contributed by atoms with E-state index >= 15 is 0 Å². The fourth-order valence-electron chi connectivity index (χ4n) is 2.45. The van der Waals surface area contributed by atoms with Crippen LogP contribution in [0.15, 0.2) is 22.7 Å². The molecule has 1 aromatic carbocycles. The van der Waals surface area contributed by atoms with Crippen LogP contribution in [0.2, 0.25) is 0 Å². The van der Waals surface area contributed by atoms with Crippen LogP contribution in [0.5, 0.6) is 0 Å². The molecule has 2 amide bonds. The van der Waals surface area contributed by atoms with Crippen molar-refractivity contribution in [3.63, 3.8) is 0 Å². The summed E-state index contributed by atoms with van der Waals surface area (Å²) >= 11 is 3.32. The molecule has 0 bridgehead atoms. The number of carbonyl (C=O) groups excluding carboxylic acids is 2. The van der Waals surface area contributed by atoms with Crippen molar-refractivity contribution in [2.24, 2.45) is 5.92 Å². The zero-order chi connectivity index (χ0) is 14.7. The SMILES string of the molecule is CNC(=O)C1CCN(C(=O)c2ccc(Br)cc2N)CC1.Cl. The van der Waals surface area contributed by atoms with Crippen molar-refractivity contribution >= 4 is 45.8 Å². The van der Waals surface area contributed by atoms with Gasteiger partial charge in [-0.3, -0.25) is 9.59 Å². The fourth-order valence-corrected chi connectivity index (χ4v) is 2.83. The number of anilines is 1. The van der Waals surface area contributed by atoms with Gasteiger partial charge in [-0.25, -0.2) is 0 Å². The van der Waals surface area contributed by atoms with E-state index in [4.69, 9.17) is 5.73 Å². The first-order chi connectivity index (χ1) is 9.52. The van der Waals surface area contributed by atoms with Crippen molar-refractivity contribution in [3.05, 3.63) is 28.2 Å². The van der Waals surface area contributed by atoms with Gasteiger partial charge in [-0.2, -0.15) is 0 Å². The highest BCUT2D eigenvalue weighted by atomic mass is 79.9. The van der Waals surface area contributed by atoms with Crippen LogP contribution in [-0.2, 0) is 4.79 Å². The second kappa shape index (κ2) is 7.66. The fraction of sp³-hybridized carbons (Fsp3) is 0.429. The Morgan fingerprint density at radius 3 is 2.48 bits per heavy atom. The molecule has 1 aliphatic rings. The van der Waals surface area contributed by atoms with Crippen LogP contribution in [0.1, 0.15) is 23.2 Å². The lowest BCUT2D eigenvalue weighted by molar-refractivity contribution is -0.125. The molecule has 5 nitrogen and oxygen atoms in total. The summed E-state index contributed by atoms with van der Waals surface area (Å²) in [5, 5.41) is 2.66. The molecule has 116 valence electrons. The van der Waals surface area contributed by atoms with Gasteiger partial charge in [0.2, 0.25) is 5.91 Å². The Hall–Kier alpha value is -1.27. The monoisotopic (exact) mass is 375 g/mol. The summed E-state index contributed by atoms with van der Waals surface area (Å²) in [5.74, 6) is -0.00285. The molecule has 2 rings (SSSR count). The van der Waals surface area contributed by atoms with Crippen LogP contribution in [0.25, 0.3) is 0 Å². The van der Waals surface area contributed by atoms with Gasteiger partial charge in [-0.1, -0.05) is 15.9 Å². The molecule has 3 N–H and O–H groups in total. The molecule has 21 heavy (non-hydrogen) atoms. The number of amides is 2.